The Morgan fingerprint density at radius 3 is 1.88 bits per heavy atom. The van der Waals surface area contributed by atoms with Crippen molar-refractivity contribution in [2.45, 2.75) is 44.2 Å². The van der Waals surface area contributed by atoms with Crippen molar-refractivity contribution in [3.63, 3.8) is 0 Å². The standard InChI is InChI=1S/C13H25N3/c1-2-9-15(8-1)12-4-3-5-13(12)16-10-6-14-7-11-16/h12-14H,1-11H2/t12-,13+/m1/s1. The fourth-order valence-corrected chi connectivity index (χ4v) is 3.86. The molecule has 0 radical (unpaired) electrons. The van der Waals surface area contributed by atoms with E-state index >= 15 is 0 Å². The van der Waals surface area contributed by atoms with Gasteiger partial charge in [-0.1, -0.05) is 6.42 Å². The van der Waals surface area contributed by atoms with Crippen molar-refractivity contribution >= 4 is 0 Å². The second-order valence-electron chi connectivity index (χ2n) is 5.59. The van der Waals surface area contributed by atoms with E-state index < -0.39 is 0 Å². The first-order valence-electron chi connectivity index (χ1n) is 7.14. The van der Waals surface area contributed by atoms with Gasteiger partial charge in [-0.3, -0.25) is 9.80 Å². The first-order valence-corrected chi connectivity index (χ1v) is 7.14. The van der Waals surface area contributed by atoms with Crippen LogP contribution in [-0.4, -0.2) is 61.2 Å². The third kappa shape index (κ3) is 2.13. The molecule has 3 heteroatoms. The van der Waals surface area contributed by atoms with Crippen molar-refractivity contribution in [3.05, 3.63) is 0 Å². The lowest BCUT2D eigenvalue weighted by Gasteiger charge is -2.39. The SMILES string of the molecule is C1C[C@@H](N2CCCC2)[C@@H](N2CCNCC2)C1. The van der Waals surface area contributed by atoms with Gasteiger partial charge in [0.15, 0.2) is 0 Å². The van der Waals surface area contributed by atoms with Gasteiger partial charge in [0, 0.05) is 38.3 Å². The first-order chi connectivity index (χ1) is 7.95. The maximum absolute atomic E-state index is 3.47. The number of hydrogen-bond acceptors (Lipinski definition) is 3. The van der Waals surface area contributed by atoms with Gasteiger partial charge >= 0.3 is 0 Å². The zero-order valence-corrected chi connectivity index (χ0v) is 10.3. The van der Waals surface area contributed by atoms with E-state index in [-0.39, 0.29) is 0 Å². The molecular formula is C13H25N3. The largest absolute Gasteiger partial charge is 0.314 e. The average molecular weight is 223 g/mol. The van der Waals surface area contributed by atoms with Gasteiger partial charge in [0.1, 0.15) is 0 Å². The van der Waals surface area contributed by atoms with E-state index in [4.69, 9.17) is 0 Å². The van der Waals surface area contributed by atoms with Gasteiger partial charge in [-0.15, -0.1) is 0 Å². The van der Waals surface area contributed by atoms with Crippen molar-refractivity contribution in [3.8, 4) is 0 Å². The molecule has 92 valence electrons. The normalized spacial score (nSPS) is 38.2. The summed E-state index contributed by atoms with van der Waals surface area (Å²) < 4.78 is 0. The molecule has 3 nitrogen and oxygen atoms in total. The molecule has 2 aliphatic heterocycles. The first kappa shape index (κ1) is 11.0. The lowest BCUT2D eigenvalue weighted by molar-refractivity contribution is 0.101. The molecule has 0 unspecified atom stereocenters. The predicted molar refractivity (Wildman–Crippen MR) is 66.7 cm³/mol. The van der Waals surface area contributed by atoms with Crippen LogP contribution in [0.1, 0.15) is 32.1 Å². The van der Waals surface area contributed by atoms with E-state index in [1.54, 1.807) is 0 Å². The van der Waals surface area contributed by atoms with E-state index in [0.717, 1.165) is 12.1 Å². The molecule has 2 heterocycles. The monoisotopic (exact) mass is 223 g/mol. The van der Waals surface area contributed by atoms with Gasteiger partial charge in [0.05, 0.1) is 0 Å². The Morgan fingerprint density at radius 1 is 0.688 bits per heavy atom. The minimum atomic E-state index is 0.875. The van der Waals surface area contributed by atoms with Gasteiger partial charge in [-0.05, 0) is 38.8 Å². The Hall–Kier alpha value is -0.120. The van der Waals surface area contributed by atoms with Gasteiger partial charge in [0.2, 0.25) is 0 Å². The summed E-state index contributed by atoms with van der Waals surface area (Å²) in [5.41, 5.74) is 0. The topological polar surface area (TPSA) is 18.5 Å². The van der Waals surface area contributed by atoms with Gasteiger partial charge in [-0.2, -0.15) is 0 Å². The smallest absolute Gasteiger partial charge is 0.0252 e. The molecule has 2 atom stereocenters. The van der Waals surface area contributed by atoms with Crippen LogP contribution in [0.15, 0.2) is 0 Å². The Labute approximate surface area is 99.2 Å². The molecule has 0 aromatic carbocycles. The number of nitrogens with one attached hydrogen (secondary N) is 1. The predicted octanol–water partition coefficient (Wildman–Crippen LogP) is 0.909. The molecule has 0 amide bonds. The third-order valence-corrected chi connectivity index (χ3v) is 4.67. The summed E-state index contributed by atoms with van der Waals surface area (Å²) in [7, 11) is 0. The summed E-state index contributed by atoms with van der Waals surface area (Å²) in [5, 5.41) is 3.47. The third-order valence-electron chi connectivity index (χ3n) is 4.67. The lowest BCUT2D eigenvalue weighted by atomic mass is 10.1. The highest BCUT2D eigenvalue weighted by atomic mass is 15.3. The number of likely N-dealkylation sites (tertiary alicyclic amines) is 1. The second-order valence-corrected chi connectivity index (χ2v) is 5.59. The van der Waals surface area contributed by atoms with Crippen molar-refractivity contribution < 1.29 is 0 Å². The van der Waals surface area contributed by atoms with Gasteiger partial charge < -0.3 is 5.32 Å². The Balaban J connectivity index is 1.63. The average Bonchev–Trinajstić information content (AvgIpc) is 3.01. The quantitative estimate of drug-likeness (QED) is 0.751. The molecule has 3 rings (SSSR count). The van der Waals surface area contributed by atoms with Crippen LogP contribution in [0.25, 0.3) is 0 Å². The molecule has 0 aromatic heterocycles. The molecule has 1 saturated carbocycles. The lowest BCUT2D eigenvalue weighted by Crippen LogP contribution is -2.54. The molecular weight excluding hydrogens is 198 g/mol. The van der Waals surface area contributed by atoms with Crippen LogP contribution in [-0.2, 0) is 0 Å². The Kier molecular flexibility index (Phi) is 3.46. The van der Waals surface area contributed by atoms with E-state index in [0.29, 0.717) is 0 Å². The number of hydrogen-bond donors (Lipinski definition) is 1. The highest BCUT2D eigenvalue weighted by Crippen LogP contribution is 2.30. The van der Waals surface area contributed by atoms with Gasteiger partial charge in [0.25, 0.3) is 0 Å². The van der Waals surface area contributed by atoms with Crippen molar-refractivity contribution in [2.24, 2.45) is 0 Å². The van der Waals surface area contributed by atoms with Crippen molar-refractivity contribution in [1.82, 2.24) is 15.1 Å². The number of nitrogens with zero attached hydrogens (tertiary/aromatic N) is 2. The summed E-state index contributed by atoms with van der Waals surface area (Å²) in [6.45, 7) is 7.68. The zero-order valence-electron chi connectivity index (χ0n) is 10.3. The van der Waals surface area contributed by atoms with Crippen LogP contribution in [0.3, 0.4) is 0 Å². The summed E-state index contributed by atoms with van der Waals surface area (Å²) in [4.78, 5) is 5.53. The maximum Gasteiger partial charge on any atom is 0.0252 e. The molecule has 0 bridgehead atoms. The van der Waals surface area contributed by atoms with E-state index in [2.05, 4.69) is 15.1 Å². The molecule has 0 aromatic rings. The second kappa shape index (κ2) is 5.03. The number of piperazine rings is 1. The van der Waals surface area contributed by atoms with Crippen LogP contribution in [0.2, 0.25) is 0 Å². The van der Waals surface area contributed by atoms with E-state index in [1.165, 1.54) is 71.4 Å². The van der Waals surface area contributed by atoms with Crippen LogP contribution >= 0.6 is 0 Å². The zero-order chi connectivity index (χ0) is 10.8. The number of rotatable bonds is 2. The van der Waals surface area contributed by atoms with E-state index in [9.17, 15) is 0 Å². The van der Waals surface area contributed by atoms with Gasteiger partial charge in [-0.25, -0.2) is 0 Å². The molecule has 2 saturated heterocycles. The maximum atomic E-state index is 3.47. The Bertz CT molecular complexity index is 219. The fourth-order valence-electron chi connectivity index (χ4n) is 3.86. The highest BCUT2D eigenvalue weighted by molar-refractivity contribution is 4.94. The van der Waals surface area contributed by atoms with Crippen LogP contribution < -0.4 is 5.32 Å². The molecule has 0 spiro atoms. The molecule has 1 aliphatic carbocycles. The summed E-state index contributed by atoms with van der Waals surface area (Å²) in [6, 6.07) is 1.76. The molecule has 3 aliphatic rings. The summed E-state index contributed by atoms with van der Waals surface area (Å²) in [5.74, 6) is 0. The minimum Gasteiger partial charge on any atom is -0.314 e. The molecule has 1 N–H and O–H groups in total. The summed E-state index contributed by atoms with van der Waals surface area (Å²) >= 11 is 0. The highest BCUT2D eigenvalue weighted by Gasteiger charge is 2.36. The minimum absolute atomic E-state index is 0.875. The van der Waals surface area contributed by atoms with Crippen molar-refractivity contribution in [1.29, 1.82) is 0 Å². The molecule has 3 fully saturated rings. The van der Waals surface area contributed by atoms with E-state index in [1.807, 2.05) is 0 Å². The van der Waals surface area contributed by atoms with Crippen LogP contribution in [0.4, 0.5) is 0 Å². The summed E-state index contributed by atoms with van der Waals surface area (Å²) in [6.07, 6.45) is 7.22. The van der Waals surface area contributed by atoms with Crippen LogP contribution in [0, 0.1) is 0 Å². The Morgan fingerprint density at radius 2 is 1.25 bits per heavy atom. The fraction of sp³-hybridized carbons (Fsp3) is 1.00. The van der Waals surface area contributed by atoms with Crippen LogP contribution in [0.5, 0.6) is 0 Å². The molecule has 16 heavy (non-hydrogen) atoms. The van der Waals surface area contributed by atoms with Crippen molar-refractivity contribution in [2.75, 3.05) is 39.3 Å².